The largest absolute Gasteiger partial charge is 0.463 e. The summed E-state index contributed by atoms with van der Waals surface area (Å²) in [5.41, 5.74) is 2.82. The van der Waals surface area contributed by atoms with Gasteiger partial charge in [-0.3, -0.25) is 4.79 Å². The molecule has 2 atom stereocenters. The second-order valence-electron chi connectivity index (χ2n) is 8.06. The molecule has 0 radical (unpaired) electrons. The quantitative estimate of drug-likeness (QED) is 0.462. The summed E-state index contributed by atoms with van der Waals surface area (Å²) < 4.78 is 12.0. The Labute approximate surface area is 168 Å². The zero-order valence-electron chi connectivity index (χ0n) is 17.3. The van der Waals surface area contributed by atoms with E-state index in [1.165, 1.54) is 12.5 Å². The van der Waals surface area contributed by atoms with E-state index in [9.17, 15) is 4.79 Å². The van der Waals surface area contributed by atoms with Crippen LogP contribution in [0.5, 0.6) is 0 Å². The van der Waals surface area contributed by atoms with Gasteiger partial charge in [-0.1, -0.05) is 79.2 Å². The molecule has 2 unspecified atom stereocenters. The van der Waals surface area contributed by atoms with Gasteiger partial charge in [-0.05, 0) is 37.8 Å². The van der Waals surface area contributed by atoms with Crippen LogP contribution in [0, 0.1) is 5.41 Å². The maximum absolute atomic E-state index is 11.4. The fourth-order valence-electron chi connectivity index (χ4n) is 4.36. The minimum Gasteiger partial charge on any atom is -0.463 e. The predicted octanol–water partition coefficient (Wildman–Crippen LogP) is 5.64. The van der Waals surface area contributed by atoms with Gasteiger partial charge >= 0.3 is 5.97 Å². The van der Waals surface area contributed by atoms with Crippen LogP contribution < -0.4 is 0 Å². The Morgan fingerprint density at radius 2 is 1.54 bits per heavy atom. The second-order valence-corrected chi connectivity index (χ2v) is 8.06. The monoisotopic (exact) mass is 378 g/mol. The van der Waals surface area contributed by atoms with E-state index in [4.69, 9.17) is 9.47 Å². The average molecular weight is 379 g/mol. The number of carbonyl (C=O) groups is 1. The lowest BCUT2D eigenvalue weighted by Gasteiger charge is -2.63. The van der Waals surface area contributed by atoms with Gasteiger partial charge in [0.05, 0.1) is 0 Å². The highest BCUT2D eigenvalue weighted by atomic mass is 16.6. The number of hydrogen-bond acceptors (Lipinski definition) is 3. The summed E-state index contributed by atoms with van der Waals surface area (Å²) in [6.07, 6.45) is 4.02. The molecule has 0 amide bonds. The molecule has 1 fully saturated rings. The average Bonchev–Trinajstić information content (AvgIpc) is 2.68. The molecule has 2 aromatic rings. The van der Waals surface area contributed by atoms with Crippen molar-refractivity contribution in [3.8, 4) is 0 Å². The SMILES string of the molecule is CC(=O)OCC1OC(c2ccccc2)(c2ccccc2)C1(C)CCC=C(C)C. The van der Waals surface area contributed by atoms with Crippen molar-refractivity contribution in [1.82, 2.24) is 0 Å². The highest BCUT2D eigenvalue weighted by Crippen LogP contribution is 2.62. The molecule has 3 heteroatoms. The van der Waals surface area contributed by atoms with Gasteiger partial charge in [0.15, 0.2) is 0 Å². The minimum atomic E-state index is -0.560. The third-order valence-electron chi connectivity index (χ3n) is 5.85. The maximum atomic E-state index is 11.4. The first-order chi connectivity index (χ1) is 13.4. The van der Waals surface area contributed by atoms with Crippen LogP contribution in [0.15, 0.2) is 72.3 Å². The van der Waals surface area contributed by atoms with Crippen molar-refractivity contribution in [2.24, 2.45) is 5.41 Å². The van der Waals surface area contributed by atoms with Crippen LogP contribution >= 0.6 is 0 Å². The summed E-state index contributed by atoms with van der Waals surface area (Å²) in [6.45, 7) is 8.24. The lowest BCUT2D eigenvalue weighted by atomic mass is 9.56. The summed E-state index contributed by atoms with van der Waals surface area (Å²) in [5.74, 6) is -0.271. The first kappa shape index (κ1) is 20.3. The molecule has 3 nitrogen and oxygen atoms in total. The summed E-state index contributed by atoms with van der Waals surface area (Å²) in [7, 11) is 0. The molecule has 0 saturated carbocycles. The number of rotatable bonds is 7. The Bertz CT molecular complexity index is 782. The van der Waals surface area contributed by atoms with E-state index in [0.717, 1.165) is 24.0 Å². The van der Waals surface area contributed by atoms with Crippen LogP contribution in [0.25, 0.3) is 0 Å². The van der Waals surface area contributed by atoms with E-state index in [0.29, 0.717) is 0 Å². The minimum absolute atomic E-state index is 0.151. The summed E-state index contributed by atoms with van der Waals surface area (Å²) in [6, 6.07) is 20.8. The van der Waals surface area contributed by atoms with Crippen molar-refractivity contribution in [3.63, 3.8) is 0 Å². The van der Waals surface area contributed by atoms with Gasteiger partial charge in [0.25, 0.3) is 0 Å². The standard InChI is InChI=1S/C25H30O3/c1-19(2)12-11-17-24(4)23(18-27-20(3)26)28-25(24,21-13-7-5-8-14-21)22-15-9-6-10-16-22/h5-10,12-16,23H,11,17-18H2,1-4H3. The van der Waals surface area contributed by atoms with Crippen LogP contribution in [-0.4, -0.2) is 18.7 Å². The zero-order chi connectivity index (χ0) is 20.2. The van der Waals surface area contributed by atoms with Gasteiger partial charge in [0, 0.05) is 12.3 Å². The molecule has 1 saturated heterocycles. The number of benzene rings is 2. The number of carbonyl (C=O) groups excluding carboxylic acids is 1. The van der Waals surface area contributed by atoms with E-state index in [2.05, 4.69) is 75.4 Å². The molecule has 0 bridgehead atoms. The van der Waals surface area contributed by atoms with Gasteiger partial charge in [0.1, 0.15) is 18.3 Å². The fraction of sp³-hybridized carbons (Fsp3) is 0.400. The molecule has 2 aromatic carbocycles. The van der Waals surface area contributed by atoms with Crippen LogP contribution in [0.1, 0.15) is 51.7 Å². The van der Waals surface area contributed by atoms with E-state index in [1.807, 2.05) is 12.1 Å². The van der Waals surface area contributed by atoms with Crippen molar-refractivity contribution < 1.29 is 14.3 Å². The molecule has 1 aliphatic heterocycles. The number of hydrogen-bond donors (Lipinski definition) is 0. The summed E-state index contributed by atoms with van der Waals surface area (Å²) in [5, 5.41) is 0. The van der Waals surface area contributed by atoms with Gasteiger partial charge in [-0.15, -0.1) is 0 Å². The normalized spacial score (nSPS) is 22.8. The number of allylic oxidation sites excluding steroid dienone is 2. The third kappa shape index (κ3) is 3.64. The first-order valence-corrected chi connectivity index (χ1v) is 9.96. The molecular formula is C25H30O3. The highest BCUT2D eigenvalue weighted by molar-refractivity contribution is 5.66. The van der Waals surface area contributed by atoms with E-state index in [1.54, 1.807) is 0 Å². The Morgan fingerprint density at radius 1 is 1.00 bits per heavy atom. The molecule has 1 heterocycles. The smallest absolute Gasteiger partial charge is 0.302 e. The molecule has 0 aromatic heterocycles. The molecule has 0 spiro atoms. The van der Waals surface area contributed by atoms with Crippen molar-refractivity contribution in [2.75, 3.05) is 6.61 Å². The topological polar surface area (TPSA) is 35.5 Å². The Hall–Kier alpha value is -2.39. The van der Waals surface area contributed by atoms with Crippen molar-refractivity contribution in [2.45, 2.75) is 52.2 Å². The maximum Gasteiger partial charge on any atom is 0.302 e. The van der Waals surface area contributed by atoms with Crippen molar-refractivity contribution in [3.05, 3.63) is 83.4 Å². The Balaban J connectivity index is 2.06. The van der Waals surface area contributed by atoms with Gasteiger partial charge < -0.3 is 9.47 Å². The molecule has 0 aliphatic carbocycles. The molecule has 3 rings (SSSR count). The van der Waals surface area contributed by atoms with Crippen molar-refractivity contribution in [1.29, 1.82) is 0 Å². The van der Waals surface area contributed by atoms with Gasteiger partial charge in [0.2, 0.25) is 0 Å². The Kier molecular flexibility index (Phi) is 6.04. The van der Waals surface area contributed by atoms with Crippen LogP contribution in [-0.2, 0) is 19.9 Å². The highest BCUT2D eigenvalue weighted by Gasteiger charge is 2.65. The number of esters is 1. The summed E-state index contributed by atoms with van der Waals surface area (Å²) >= 11 is 0. The molecule has 28 heavy (non-hydrogen) atoms. The van der Waals surface area contributed by atoms with Crippen LogP contribution in [0.3, 0.4) is 0 Å². The lowest BCUT2D eigenvalue weighted by molar-refractivity contribution is -0.313. The predicted molar refractivity (Wildman–Crippen MR) is 112 cm³/mol. The van der Waals surface area contributed by atoms with Gasteiger partial charge in [-0.25, -0.2) is 0 Å². The van der Waals surface area contributed by atoms with Crippen LogP contribution in [0.2, 0.25) is 0 Å². The molecular weight excluding hydrogens is 348 g/mol. The van der Waals surface area contributed by atoms with E-state index < -0.39 is 5.60 Å². The van der Waals surface area contributed by atoms with E-state index >= 15 is 0 Å². The van der Waals surface area contributed by atoms with Crippen LogP contribution in [0.4, 0.5) is 0 Å². The first-order valence-electron chi connectivity index (χ1n) is 9.96. The molecule has 1 aliphatic rings. The van der Waals surface area contributed by atoms with E-state index in [-0.39, 0.29) is 24.1 Å². The number of ether oxygens (including phenoxy) is 2. The van der Waals surface area contributed by atoms with Crippen molar-refractivity contribution >= 4 is 5.97 Å². The lowest BCUT2D eigenvalue weighted by Crippen LogP contribution is -2.67. The zero-order valence-corrected chi connectivity index (χ0v) is 17.3. The second kappa shape index (κ2) is 8.32. The van der Waals surface area contributed by atoms with Gasteiger partial charge in [-0.2, -0.15) is 0 Å². The third-order valence-corrected chi connectivity index (χ3v) is 5.85. The molecule has 0 N–H and O–H groups in total. The fourth-order valence-corrected chi connectivity index (χ4v) is 4.36. The molecule has 148 valence electrons. The summed E-state index contributed by atoms with van der Waals surface area (Å²) in [4.78, 5) is 11.4. The Morgan fingerprint density at radius 3 is 2.00 bits per heavy atom.